The summed E-state index contributed by atoms with van der Waals surface area (Å²) >= 11 is 0. The molecular formula is C26H33N4O6P. The molecule has 1 aromatic heterocycles. The average molecular weight is 529 g/mol. The highest BCUT2D eigenvalue weighted by molar-refractivity contribution is 7.57. The molecule has 37 heavy (non-hydrogen) atoms. The molecule has 1 saturated heterocycles. The quantitative estimate of drug-likeness (QED) is 0.342. The van der Waals surface area contributed by atoms with E-state index in [1.165, 1.54) is 6.92 Å². The summed E-state index contributed by atoms with van der Waals surface area (Å²) in [5, 5.41) is 13.0. The van der Waals surface area contributed by atoms with Gasteiger partial charge in [0.05, 0.1) is 19.7 Å². The number of ether oxygens (including phenoxy) is 2. The van der Waals surface area contributed by atoms with Gasteiger partial charge in [0.25, 0.3) is 0 Å². The molecule has 3 aromatic rings. The number of nitrogens with zero attached hydrogens (tertiary/aromatic N) is 3. The fraction of sp³-hybridized carbons (Fsp3) is 0.423. The number of piperidine rings is 1. The molecule has 1 aliphatic heterocycles. The molecule has 0 radical (unpaired) electrons. The summed E-state index contributed by atoms with van der Waals surface area (Å²) in [4.78, 5) is 22.6. The molecule has 0 aliphatic carbocycles. The summed E-state index contributed by atoms with van der Waals surface area (Å²) in [6.45, 7) is 3.04. The van der Waals surface area contributed by atoms with Gasteiger partial charge in [0, 0.05) is 30.7 Å². The molecule has 0 bridgehead atoms. The van der Waals surface area contributed by atoms with Crippen LogP contribution >= 0.6 is 7.52 Å². The lowest BCUT2D eigenvalue weighted by molar-refractivity contribution is -0.138. The third-order valence-electron chi connectivity index (χ3n) is 6.62. The van der Waals surface area contributed by atoms with Crippen molar-refractivity contribution in [2.75, 3.05) is 38.4 Å². The minimum absolute atomic E-state index is 0.248. The highest BCUT2D eigenvalue weighted by Crippen LogP contribution is 2.46. The highest BCUT2D eigenvalue weighted by atomic mass is 31.2. The molecule has 0 saturated carbocycles. The second kappa shape index (κ2) is 11.8. The molecule has 1 unspecified atom stereocenters. The Balaban J connectivity index is 1.42. The molecule has 2 atom stereocenters. The number of hydrogen-bond donors (Lipinski definition) is 2. The summed E-state index contributed by atoms with van der Waals surface area (Å²) in [6, 6.07) is 11.6. The number of anilines is 1. The first kappa shape index (κ1) is 26.7. The number of carbonyl (C=O) groups is 1. The Kier molecular flexibility index (Phi) is 8.51. The van der Waals surface area contributed by atoms with Crippen molar-refractivity contribution in [3.8, 4) is 17.2 Å². The van der Waals surface area contributed by atoms with E-state index in [0.29, 0.717) is 29.6 Å². The van der Waals surface area contributed by atoms with Crippen LogP contribution in [0.25, 0.3) is 10.9 Å². The smallest absolute Gasteiger partial charge is 0.320 e. The van der Waals surface area contributed by atoms with Crippen molar-refractivity contribution in [1.29, 1.82) is 0 Å². The van der Waals surface area contributed by atoms with Gasteiger partial charge < -0.3 is 24.0 Å². The van der Waals surface area contributed by atoms with Crippen molar-refractivity contribution < 1.29 is 28.5 Å². The van der Waals surface area contributed by atoms with E-state index in [1.54, 1.807) is 44.8 Å². The van der Waals surface area contributed by atoms with Crippen LogP contribution in [0, 0.1) is 5.92 Å². The molecule has 0 amide bonds. The van der Waals surface area contributed by atoms with E-state index in [1.807, 2.05) is 18.2 Å². The maximum atomic E-state index is 13.6. The minimum Gasteiger partial charge on any atom is -0.493 e. The zero-order valence-electron chi connectivity index (χ0n) is 21.3. The van der Waals surface area contributed by atoms with Crippen molar-refractivity contribution >= 4 is 30.2 Å². The van der Waals surface area contributed by atoms with Crippen LogP contribution in [0.1, 0.15) is 26.2 Å². The molecule has 10 nitrogen and oxygen atoms in total. The lowest BCUT2D eigenvalue weighted by Gasteiger charge is -2.34. The van der Waals surface area contributed by atoms with Crippen molar-refractivity contribution in [3.05, 3.63) is 48.8 Å². The first-order chi connectivity index (χ1) is 17.8. The van der Waals surface area contributed by atoms with Crippen LogP contribution < -0.4 is 24.0 Å². The first-order valence-corrected chi connectivity index (χ1v) is 14.1. The predicted octanol–water partition coefficient (Wildman–Crippen LogP) is 4.59. The second-order valence-corrected chi connectivity index (χ2v) is 11.4. The first-order valence-electron chi connectivity index (χ1n) is 12.3. The lowest BCUT2D eigenvalue weighted by Crippen LogP contribution is -2.36. The van der Waals surface area contributed by atoms with E-state index in [0.717, 1.165) is 42.7 Å². The summed E-state index contributed by atoms with van der Waals surface area (Å²) in [5.41, 5.74) is 0.780. The van der Waals surface area contributed by atoms with Gasteiger partial charge >= 0.3 is 13.5 Å². The van der Waals surface area contributed by atoms with Gasteiger partial charge in [-0.05, 0) is 50.3 Å². The zero-order chi connectivity index (χ0) is 26.4. The van der Waals surface area contributed by atoms with Gasteiger partial charge in [0.15, 0.2) is 11.5 Å². The number of nitrogens with one attached hydrogen (secondary N) is 1. The Morgan fingerprint density at radius 1 is 1.14 bits per heavy atom. The topological polar surface area (TPSA) is 123 Å². The van der Waals surface area contributed by atoms with E-state index in [-0.39, 0.29) is 6.16 Å². The molecule has 11 heteroatoms. The molecule has 1 fully saturated rings. The molecule has 2 aromatic carbocycles. The predicted molar refractivity (Wildman–Crippen MR) is 142 cm³/mol. The number of aliphatic carboxylic acids is 1. The lowest BCUT2D eigenvalue weighted by atomic mass is 9.94. The van der Waals surface area contributed by atoms with Gasteiger partial charge in [-0.25, -0.2) is 15.1 Å². The van der Waals surface area contributed by atoms with Crippen molar-refractivity contribution in [2.24, 2.45) is 5.92 Å². The number of aromatic nitrogens is 2. The van der Waals surface area contributed by atoms with E-state index in [4.69, 9.17) is 14.0 Å². The Labute approximate surface area is 216 Å². The van der Waals surface area contributed by atoms with Gasteiger partial charge in [0.2, 0.25) is 0 Å². The Morgan fingerprint density at radius 2 is 1.81 bits per heavy atom. The van der Waals surface area contributed by atoms with Crippen molar-refractivity contribution in [2.45, 2.75) is 32.2 Å². The fourth-order valence-electron chi connectivity index (χ4n) is 4.55. The number of benzene rings is 2. The van der Waals surface area contributed by atoms with E-state index >= 15 is 0 Å². The number of rotatable bonds is 11. The largest absolute Gasteiger partial charge is 0.493 e. The van der Waals surface area contributed by atoms with Crippen LogP contribution in [0.2, 0.25) is 0 Å². The Bertz CT molecular complexity index is 1270. The zero-order valence-corrected chi connectivity index (χ0v) is 22.2. The van der Waals surface area contributed by atoms with Crippen molar-refractivity contribution in [1.82, 2.24) is 15.1 Å². The monoisotopic (exact) mass is 528 g/mol. The Morgan fingerprint density at radius 3 is 2.46 bits per heavy atom. The maximum absolute atomic E-state index is 13.6. The normalized spacial score (nSPS) is 16.7. The van der Waals surface area contributed by atoms with Crippen LogP contribution in [-0.2, 0) is 9.36 Å². The summed E-state index contributed by atoms with van der Waals surface area (Å²) in [5.74, 6) is 1.79. The van der Waals surface area contributed by atoms with Crippen LogP contribution in [0.15, 0.2) is 48.8 Å². The summed E-state index contributed by atoms with van der Waals surface area (Å²) in [7, 11) is -0.234. The SMILES string of the molecule is COc1cc2ncnc(N3CCC(CCP(=O)(N[C@@H](C)C(=O)O)Oc4ccccc4)CC3)c2cc1OC. The molecule has 4 rings (SSSR count). The molecular weight excluding hydrogens is 495 g/mol. The summed E-state index contributed by atoms with van der Waals surface area (Å²) < 4.78 is 30.3. The number of para-hydroxylation sites is 1. The van der Waals surface area contributed by atoms with E-state index in [9.17, 15) is 14.5 Å². The number of methoxy groups -OCH3 is 2. The molecule has 2 heterocycles. The van der Waals surface area contributed by atoms with Gasteiger partial charge in [-0.1, -0.05) is 18.2 Å². The standard InChI is InChI=1S/C26H33N4O6P/c1-18(26(31)32)29-37(33,36-20-7-5-4-6-8-20)14-11-19-9-12-30(13-10-19)25-21-15-23(34-2)24(35-3)16-22(21)27-17-28-25/h4-8,15-19H,9-14H2,1-3H3,(H,29,33)(H,31,32)/t18-,37?/m0/s1. The minimum atomic E-state index is -3.43. The van der Waals surface area contributed by atoms with Crippen LogP contribution in [0.3, 0.4) is 0 Å². The average Bonchev–Trinajstić information content (AvgIpc) is 2.91. The van der Waals surface area contributed by atoms with Crippen molar-refractivity contribution in [3.63, 3.8) is 0 Å². The fourth-order valence-corrected chi connectivity index (χ4v) is 6.69. The number of carboxylic acids is 1. The van der Waals surface area contributed by atoms with Gasteiger partial charge in [-0.3, -0.25) is 9.36 Å². The molecule has 198 valence electrons. The van der Waals surface area contributed by atoms with E-state index in [2.05, 4.69) is 20.0 Å². The Hall–Kier alpha value is -3.36. The van der Waals surface area contributed by atoms with Gasteiger partial charge in [0.1, 0.15) is 23.9 Å². The number of hydrogen-bond acceptors (Lipinski definition) is 8. The van der Waals surface area contributed by atoms with Gasteiger partial charge in [-0.2, -0.15) is 0 Å². The third-order valence-corrected chi connectivity index (χ3v) is 8.76. The molecule has 2 N–H and O–H groups in total. The van der Waals surface area contributed by atoms with Crippen LogP contribution in [0.5, 0.6) is 17.2 Å². The highest BCUT2D eigenvalue weighted by Gasteiger charge is 2.31. The molecule has 1 aliphatic rings. The van der Waals surface area contributed by atoms with Gasteiger partial charge in [-0.15, -0.1) is 0 Å². The second-order valence-electron chi connectivity index (χ2n) is 9.13. The molecule has 0 spiro atoms. The number of carboxylic acid groups (broad SMARTS) is 1. The third kappa shape index (κ3) is 6.50. The van der Waals surface area contributed by atoms with Crippen LogP contribution in [-0.4, -0.2) is 60.6 Å². The number of fused-ring (bicyclic) bond motifs is 1. The summed E-state index contributed by atoms with van der Waals surface area (Å²) in [6.07, 6.45) is 4.24. The van der Waals surface area contributed by atoms with Crippen LogP contribution in [0.4, 0.5) is 5.82 Å². The maximum Gasteiger partial charge on any atom is 0.320 e. The van der Waals surface area contributed by atoms with E-state index < -0.39 is 19.5 Å².